The topological polar surface area (TPSA) is 44.8 Å². The molecule has 1 aromatic carbocycles. The smallest absolute Gasteiger partial charge is 0.348 e. The summed E-state index contributed by atoms with van der Waals surface area (Å²) in [7, 11) is 0. The Balaban J connectivity index is 2.41. The quantitative estimate of drug-likeness (QED) is 0.795. The minimum absolute atomic E-state index is 0.00636. The van der Waals surface area contributed by atoms with Crippen molar-refractivity contribution < 1.29 is 23.4 Å². The van der Waals surface area contributed by atoms with Crippen molar-refractivity contribution in [2.75, 3.05) is 13.4 Å². The number of benzene rings is 1. The molecule has 98 valence electrons. The van der Waals surface area contributed by atoms with Crippen LogP contribution in [0.1, 0.15) is 19.4 Å². The number of hydrogen-bond donors (Lipinski definition) is 0. The maximum absolute atomic E-state index is 14.5. The molecule has 0 radical (unpaired) electrons. The van der Waals surface area contributed by atoms with Crippen LogP contribution in [-0.2, 0) is 15.2 Å². The molecule has 0 saturated heterocycles. The molecule has 0 aliphatic carbocycles. The fourth-order valence-corrected chi connectivity index (χ4v) is 1.98. The van der Waals surface area contributed by atoms with Crippen molar-refractivity contribution in [3.63, 3.8) is 0 Å². The Labute approximate surface area is 109 Å². The fraction of sp³-hybridized carbons (Fsp3) is 0.417. The molecule has 0 fully saturated rings. The van der Waals surface area contributed by atoms with Gasteiger partial charge in [-0.05, 0) is 19.9 Å². The van der Waals surface area contributed by atoms with Gasteiger partial charge in [0.2, 0.25) is 12.5 Å². The monoisotopic (exact) mass is 274 g/mol. The van der Waals surface area contributed by atoms with E-state index in [1.165, 1.54) is 12.1 Å². The van der Waals surface area contributed by atoms with Crippen molar-refractivity contribution in [1.82, 2.24) is 0 Å². The van der Waals surface area contributed by atoms with Crippen molar-refractivity contribution in [2.45, 2.75) is 19.5 Å². The van der Waals surface area contributed by atoms with E-state index in [1.54, 1.807) is 6.92 Å². The lowest BCUT2D eigenvalue weighted by Crippen LogP contribution is -2.30. The first-order valence-electron chi connectivity index (χ1n) is 5.42. The molecule has 0 amide bonds. The van der Waals surface area contributed by atoms with Crippen molar-refractivity contribution >= 4 is 17.6 Å². The molecule has 0 bridgehead atoms. The maximum atomic E-state index is 14.5. The zero-order valence-corrected chi connectivity index (χ0v) is 10.7. The normalized spacial score (nSPS) is 16.2. The summed E-state index contributed by atoms with van der Waals surface area (Å²) in [5.74, 6) is -0.184. The number of carbonyl (C=O) groups is 1. The number of halogens is 2. The molecule has 6 heteroatoms. The molecule has 1 unspecified atom stereocenters. The third kappa shape index (κ3) is 2.10. The Hall–Kier alpha value is -1.49. The van der Waals surface area contributed by atoms with Crippen LogP contribution >= 0.6 is 11.6 Å². The van der Waals surface area contributed by atoms with Gasteiger partial charge >= 0.3 is 5.97 Å². The lowest BCUT2D eigenvalue weighted by molar-refractivity contribution is -0.156. The summed E-state index contributed by atoms with van der Waals surface area (Å²) in [6, 6.07) is 2.79. The van der Waals surface area contributed by atoms with Gasteiger partial charge in [-0.1, -0.05) is 11.6 Å². The van der Waals surface area contributed by atoms with Crippen molar-refractivity contribution in [3.05, 3.63) is 22.7 Å². The molecule has 0 spiro atoms. The van der Waals surface area contributed by atoms with Crippen LogP contribution in [0, 0.1) is 0 Å². The van der Waals surface area contributed by atoms with Gasteiger partial charge in [-0.3, -0.25) is 0 Å². The fourth-order valence-electron chi connectivity index (χ4n) is 1.65. The van der Waals surface area contributed by atoms with Gasteiger partial charge in [-0.15, -0.1) is 0 Å². The number of alkyl halides is 1. The van der Waals surface area contributed by atoms with Gasteiger partial charge in [0.25, 0.3) is 0 Å². The molecule has 1 heterocycles. The molecule has 18 heavy (non-hydrogen) atoms. The van der Waals surface area contributed by atoms with Crippen LogP contribution in [0.5, 0.6) is 11.5 Å². The first kappa shape index (κ1) is 13.0. The molecule has 1 aliphatic heterocycles. The molecular weight excluding hydrogens is 263 g/mol. The van der Waals surface area contributed by atoms with Gasteiger partial charge in [0.1, 0.15) is 0 Å². The SMILES string of the molecule is CCOC(=O)C(C)(F)c1cc2c(cc1Cl)OCO2. The number of hydrogen-bond acceptors (Lipinski definition) is 4. The first-order chi connectivity index (χ1) is 8.46. The van der Waals surface area contributed by atoms with E-state index in [-0.39, 0.29) is 24.0 Å². The molecule has 4 nitrogen and oxygen atoms in total. The molecule has 0 aromatic heterocycles. The summed E-state index contributed by atoms with van der Waals surface area (Å²) in [6.07, 6.45) is 0. The number of ether oxygens (including phenoxy) is 3. The molecule has 0 N–H and O–H groups in total. The number of carbonyl (C=O) groups excluding carboxylic acids is 1. The Kier molecular flexibility index (Phi) is 3.34. The second kappa shape index (κ2) is 4.65. The summed E-state index contributed by atoms with van der Waals surface area (Å²) in [4.78, 5) is 11.6. The third-order valence-electron chi connectivity index (χ3n) is 2.63. The largest absolute Gasteiger partial charge is 0.463 e. The van der Waals surface area contributed by atoms with E-state index in [1.807, 2.05) is 0 Å². The van der Waals surface area contributed by atoms with Crippen LogP contribution in [0.4, 0.5) is 4.39 Å². The second-order valence-electron chi connectivity index (χ2n) is 3.91. The highest BCUT2D eigenvalue weighted by molar-refractivity contribution is 6.32. The van der Waals surface area contributed by atoms with E-state index in [0.29, 0.717) is 11.5 Å². The van der Waals surface area contributed by atoms with E-state index in [0.717, 1.165) is 6.92 Å². The molecule has 1 aliphatic rings. The van der Waals surface area contributed by atoms with Crippen LogP contribution in [0.3, 0.4) is 0 Å². The van der Waals surface area contributed by atoms with E-state index in [2.05, 4.69) is 0 Å². The number of rotatable bonds is 3. The van der Waals surface area contributed by atoms with Gasteiger partial charge in [-0.25, -0.2) is 9.18 Å². The highest BCUT2D eigenvalue weighted by Gasteiger charge is 2.40. The van der Waals surface area contributed by atoms with Gasteiger partial charge in [-0.2, -0.15) is 0 Å². The molecule has 2 rings (SSSR count). The minimum atomic E-state index is -2.33. The van der Waals surface area contributed by atoms with E-state index < -0.39 is 11.6 Å². The van der Waals surface area contributed by atoms with Crippen LogP contribution in [0.15, 0.2) is 12.1 Å². The van der Waals surface area contributed by atoms with Crippen LogP contribution in [0.2, 0.25) is 5.02 Å². The highest BCUT2D eigenvalue weighted by atomic mass is 35.5. The van der Waals surface area contributed by atoms with Crippen molar-refractivity contribution in [1.29, 1.82) is 0 Å². The zero-order chi connectivity index (χ0) is 13.3. The maximum Gasteiger partial charge on any atom is 0.348 e. The summed E-state index contributed by atoms with van der Waals surface area (Å²) < 4.78 is 29.4. The molecule has 1 aromatic rings. The van der Waals surface area contributed by atoms with Gasteiger partial charge in [0.05, 0.1) is 11.6 Å². The summed E-state index contributed by atoms with van der Waals surface area (Å²) in [6.45, 7) is 2.86. The number of fused-ring (bicyclic) bond motifs is 1. The first-order valence-corrected chi connectivity index (χ1v) is 5.80. The van der Waals surface area contributed by atoms with Crippen LogP contribution in [0.25, 0.3) is 0 Å². The average Bonchev–Trinajstić information content (AvgIpc) is 2.75. The Morgan fingerprint density at radius 3 is 2.72 bits per heavy atom. The van der Waals surface area contributed by atoms with E-state index >= 15 is 0 Å². The van der Waals surface area contributed by atoms with E-state index in [4.69, 9.17) is 25.8 Å². The van der Waals surface area contributed by atoms with Gasteiger partial charge in [0.15, 0.2) is 11.5 Å². The Morgan fingerprint density at radius 2 is 2.11 bits per heavy atom. The lowest BCUT2D eigenvalue weighted by Gasteiger charge is -2.20. The Bertz CT molecular complexity index is 487. The van der Waals surface area contributed by atoms with Crippen molar-refractivity contribution in [2.24, 2.45) is 0 Å². The average molecular weight is 275 g/mol. The minimum Gasteiger partial charge on any atom is -0.463 e. The zero-order valence-electron chi connectivity index (χ0n) is 9.96. The highest BCUT2D eigenvalue weighted by Crippen LogP contribution is 2.42. The summed E-state index contributed by atoms with van der Waals surface area (Å²) in [5, 5.41) is 0.0947. The third-order valence-corrected chi connectivity index (χ3v) is 2.94. The summed E-state index contributed by atoms with van der Waals surface area (Å²) in [5.41, 5.74) is -2.32. The number of esters is 1. The van der Waals surface area contributed by atoms with Crippen LogP contribution < -0.4 is 9.47 Å². The second-order valence-corrected chi connectivity index (χ2v) is 4.32. The standard InChI is InChI=1S/C12H12ClFO4/c1-3-16-11(15)12(2,14)7-4-9-10(5-8(7)13)18-6-17-9/h4-5H,3,6H2,1-2H3. The van der Waals surface area contributed by atoms with Gasteiger partial charge in [0, 0.05) is 11.6 Å². The van der Waals surface area contributed by atoms with Crippen LogP contribution in [-0.4, -0.2) is 19.4 Å². The molecule has 0 saturated carbocycles. The van der Waals surface area contributed by atoms with Gasteiger partial charge < -0.3 is 14.2 Å². The molecule has 1 atom stereocenters. The predicted octanol–water partition coefficient (Wildman–Crippen LogP) is 2.82. The molecular formula is C12H12ClFO4. The Morgan fingerprint density at radius 1 is 1.50 bits per heavy atom. The van der Waals surface area contributed by atoms with E-state index in [9.17, 15) is 9.18 Å². The predicted molar refractivity (Wildman–Crippen MR) is 62.7 cm³/mol. The lowest BCUT2D eigenvalue weighted by atomic mass is 9.97. The summed E-state index contributed by atoms with van der Waals surface area (Å²) >= 11 is 5.95. The van der Waals surface area contributed by atoms with Crippen molar-refractivity contribution in [3.8, 4) is 11.5 Å².